The van der Waals surface area contributed by atoms with Crippen molar-refractivity contribution >= 4 is 29.2 Å². The number of rotatable bonds is 3. The second-order valence-corrected chi connectivity index (χ2v) is 4.90. The highest BCUT2D eigenvalue weighted by molar-refractivity contribution is 6.30. The second-order valence-electron chi connectivity index (χ2n) is 4.46. The molecular formula is C12H9ClF3NO3. The molecule has 1 fully saturated rings. The number of carboxylic acid groups (broad SMARTS) is 1. The highest BCUT2D eigenvalue weighted by Crippen LogP contribution is 2.41. The van der Waals surface area contributed by atoms with Crippen LogP contribution in [0.15, 0.2) is 18.2 Å². The zero-order valence-corrected chi connectivity index (χ0v) is 10.6. The molecule has 0 aromatic heterocycles. The molecule has 0 spiro atoms. The van der Waals surface area contributed by atoms with Crippen molar-refractivity contribution in [3.63, 3.8) is 0 Å². The molecule has 1 amide bonds. The van der Waals surface area contributed by atoms with Gasteiger partial charge in [0.1, 0.15) is 0 Å². The molecule has 2 N–H and O–H groups in total. The molecule has 1 aliphatic carbocycles. The van der Waals surface area contributed by atoms with Crippen molar-refractivity contribution in [1.29, 1.82) is 0 Å². The molecule has 2 rings (SSSR count). The Hall–Kier alpha value is -1.76. The van der Waals surface area contributed by atoms with Crippen LogP contribution in [0.2, 0.25) is 5.02 Å². The fourth-order valence-corrected chi connectivity index (χ4v) is 2.02. The van der Waals surface area contributed by atoms with Crippen molar-refractivity contribution in [3.05, 3.63) is 28.8 Å². The Morgan fingerprint density at radius 1 is 1.30 bits per heavy atom. The van der Waals surface area contributed by atoms with Gasteiger partial charge in [0.2, 0.25) is 5.91 Å². The minimum Gasteiger partial charge on any atom is -0.481 e. The van der Waals surface area contributed by atoms with Gasteiger partial charge in [0.25, 0.3) is 0 Å². The SMILES string of the molecule is O=C(O)[C@H]1C[C@H]1C(=O)Nc1ccc(Cl)cc1C(F)(F)F. The van der Waals surface area contributed by atoms with E-state index in [0.29, 0.717) is 6.07 Å². The molecule has 4 nitrogen and oxygen atoms in total. The summed E-state index contributed by atoms with van der Waals surface area (Å²) in [6, 6.07) is 2.97. The third kappa shape index (κ3) is 3.04. The minimum absolute atomic E-state index is 0.106. The quantitative estimate of drug-likeness (QED) is 0.902. The zero-order valence-electron chi connectivity index (χ0n) is 9.87. The number of benzene rings is 1. The van der Waals surface area contributed by atoms with E-state index in [0.717, 1.165) is 6.07 Å². The predicted molar refractivity (Wildman–Crippen MR) is 64.3 cm³/mol. The molecule has 0 bridgehead atoms. The van der Waals surface area contributed by atoms with E-state index in [1.54, 1.807) is 0 Å². The fraction of sp³-hybridized carbons (Fsp3) is 0.333. The van der Waals surface area contributed by atoms with Crippen LogP contribution in [-0.4, -0.2) is 17.0 Å². The summed E-state index contributed by atoms with van der Waals surface area (Å²) in [4.78, 5) is 22.3. The highest BCUT2D eigenvalue weighted by Gasteiger charge is 2.48. The van der Waals surface area contributed by atoms with Gasteiger partial charge in [-0.1, -0.05) is 11.6 Å². The predicted octanol–water partition coefficient (Wildman–Crippen LogP) is 3.02. The van der Waals surface area contributed by atoms with Gasteiger partial charge in [0.05, 0.1) is 23.1 Å². The number of amides is 1. The van der Waals surface area contributed by atoms with E-state index in [1.165, 1.54) is 6.07 Å². The molecular weight excluding hydrogens is 299 g/mol. The molecule has 1 aliphatic rings. The van der Waals surface area contributed by atoms with Crippen molar-refractivity contribution < 1.29 is 27.9 Å². The smallest absolute Gasteiger partial charge is 0.418 e. The average molecular weight is 308 g/mol. The number of anilines is 1. The molecule has 8 heteroatoms. The molecule has 0 saturated heterocycles. The molecule has 0 heterocycles. The Bertz CT molecular complexity index is 574. The van der Waals surface area contributed by atoms with Gasteiger partial charge in [-0.15, -0.1) is 0 Å². The molecule has 1 saturated carbocycles. The maximum atomic E-state index is 12.8. The summed E-state index contributed by atoms with van der Waals surface area (Å²) in [5.41, 5.74) is -1.49. The van der Waals surface area contributed by atoms with Crippen LogP contribution in [0.3, 0.4) is 0 Å². The van der Waals surface area contributed by atoms with Gasteiger partial charge in [-0.05, 0) is 24.6 Å². The summed E-state index contributed by atoms with van der Waals surface area (Å²) >= 11 is 5.51. The lowest BCUT2D eigenvalue weighted by atomic mass is 10.1. The van der Waals surface area contributed by atoms with Crippen LogP contribution < -0.4 is 5.32 Å². The first-order valence-electron chi connectivity index (χ1n) is 5.60. The standard InChI is InChI=1S/C12H9ClF3NO3/c13-5-1-2-9(8(3-5)12(14,15)16)17-10(18)6-4-7(6)11(19)20/h1-3,6-7H,4H2,(H,17,18)(H,19,20)/t6-,7+/m1/s1. The van der Waals surface area contributed by atoms with Crippen molar-refractivity contribution in [2.45, 2.75) is 12.6 Å². The lowest BCUT2D eigenvalue weighted by Crippen LogP contribution is -2.19. The molecule has 20 heavy (non-hydrogen) atoms. The number of alkyl halides is 3. The Labute approximate surface area is 116 Å². The zero-order chi connectivity index (χ0) is 15.1. The maximum absolute atomic E-state index is 12.8. The number of hydrogen-bond acceptors (Lipinski definition) is 2. The average Bonchev–Trinajstić information content (AvgIpc) is 3.10. The molecule has 1 aromatic carbocycles. The number of carbonyl (C=O) groups is 2. The fourth-order valence-electron chi connectivity index (χ4n) is 1.84. The number of hydrogen-bond donors (Lipinski definition) is 2. The van der Waals surface area contributed by atoms with Crippen LogP contribution in [0, 0.1) is 11.8 Å². The van der Waals surface area contributed by atoms with Gasteiger partial charge in [-0.2, -0.15) is 13.2 Å². The first-order chi connectivity index (χ1) is 9.20. The third-order valence-electron chi connectivity index (χ3n) is 2.99. The van der Waals surface area contributed by atoms with Crippen molar-refractivity contribution in [2.75, 3.05) is 5.32 Å². The van der Waals surface area contributed by atoms with Gasteiger partial charge >= 0.3 is 12.1 Å². The van der Waals surface area contributed by atoms with E-state index in [1.807, 2.05) is 0 Å². The van der Waals surface area contributed by atoms with E-state index in [2.05, 4.69) is 5.32 Å². The monoisotopic (exact) mass is 307 g/mol. The summed E-state index contributed by atoms with van der Waals surface area (Å²) in [6.07, 6.45) is -4.53. The van der Waals surface area contributed by atoms with E-state index >= 15 is 0 Å². The summed E-state index contributed by atoms with van der Waals surface area (Å²) < 4.78 is 38.4. The molecule has 1 aromatic rings. The summed E-state index contributed by atoms with van der Waals surface area (Å²) in [5, 5.41) is 10.7. The molecule has 2 atom stereocenters. The van der Waals surface area contributed by atoms with Crippen molar-refractivity contribution in [1.82, 2.24) is 0 Å². The highest BCUT2D eigenvalue weighted by atomic mass is 35.5. The minimum atomic E-state index is -4.66. The van der Waals surface area contributed by atoms with Crippen LogP contribution in [0.25, 0.3) is 0 Å². The van der Waals surface area contributed by atoms with Gasteiger partial charge in [0.15, 0.2) is 0 Å². The Kier molecular flexibility index (Phi) is 3.64. The van der Waals surface area contributed by atoms with Crippen LogP contribution in [0.5, 0.6) is 0 Å². The van der Waals surface area contributed by atoms with E-state index < -0.39 is 41.1 Å². The molecule has 0 unspecified atom stereocenters. The van der Waals surface area contributed by atoms with Crippen LogP contribution in [-0.2, 0) is 15.8 Å². The van der Waals surface area contributed by atoms with Crippen LogP contribution in [0.1, 0.15) is 12.0 Å². The Morgan fingerprint density at radius 2 is 1.95 bits per heavy atom. The van der Waals surface area contributed by atoms with Crippen molar-refractivity contribution in [2.24, 2.45) is 11.8 Å². The first-order valence-corrected chi connectivity index (χ1v) is 5.98. The molecule has 0 radical (unpaired) electrons. The molecule has 108 valence electrons. The summed E-state index contributed by atoms with van der Waals surface area (Å²) in [6.45, 7) is 0. The molecule has 0 aliphatic heterocycles. The largest absolute Gasteiger partial charge is 0.481 e. The number of nitrogens with one attached hydrogen (secondary N) is 1. The maximum Gasteiger partial charge on any atom is 0.418 e. The van der Waals surface area contributed by atoms with Gasteiger partial charge in [-0.25, -0.2) is 0 Å². The van der Waals surface area contributed by atoms with E-state index in [4.69, 9.17) is 16.7 Å². The summed E-state index contributed by atoms with van der Waals surface area (Å²) in [7, 11) is 0. The van der Waals surface area contributed by atoms with E-state index in [-0.39, 0.29) is 11.4 Å². The van der Waals surface area contributed by atoms with Crippen LogP contribution in [0.4, 0.5) is 18.9 Å². The normalized spacial score (nSPS) is 21.4. The topological polar surface area (TPSA) is 66.4 Å². The number of carbonyl (C=O) groups excluding carboxylic acids is 1. The second kappa shape index (κ2) is 4.97. The Balaban J connectivity index is 2.18. The lowest BCUT2D eigenvalue weighted by Gasteiger charge is -2.14. The number of halogens is 4. The van der Waals surface area contributed by atoms with Crippen molar-refractivity contribution in [3.8, 4) is 0 Å². The van der Waals surface area contributed by atoms with Gasteiger partial charge < -0.3 is 10.4 Å². The van der Waals surface area contributed by atoms with Gasteiger partial charge in [-0.3, -0.25) is 9.59 Å². The van der Waals surface area contributed by atoms with Gasteiger partial charge in [0, 0.05) is 5.02 Å². The number of aliphatic carboxylic acids is 1. The number of carboxylic acids is 1. The lowest BCUT2D eigenvalue weighted by molar-refractivity contribution is -0.140. The van der Waals surface area contributed by atoms with E-state index in [9.17, 15) is 22.8 Å². The third-order valence-corrected chi connectivity index (χ3v) is 3.22. The van der Waals surface area contributed by atoms with Crippen LogP contribution >= 0.6 is 11.6 Å². The first kappa shape index (κ1) is 14.6. The summed E-state index contributed by atoms with van der Waals surface area (Å²) in [5.74, 6) is -3.47. The Morgan fingerprint density at radius 3 is 2.45 bits per heavy atom.